The first kappa shape index (κ1) is 19.5. The second-order valence-electron chi connectivity index (χ2n) is 6.76. The summed E-state index contributed by atoms with van der Waals surface area (Å²) in [5.74, 6) is -0.229. The van der Waals surface area contributed by atoms with Gasteiger partial charge in [0.15, 0.2) is 6.61 Å². The van der Waals surface area contributed by atoms with Crippen LogP contribution in [0.2, 0.25) is 0 Å². The molecule has 2 aromatic carbocycles. The topological polar surface area (TPSA) is 80.4 Å². The Morgan fingerprint density at radius 2 is 1.93 bits per heavy atom. The number of aromatic amines is 1. The van der Waals surface area contributed by atoms with Crippen molar-refractivity contribution in [2.45, 2.75) is 26.3 Å². The minimum atomic E-state index is -0.792. The molecule has 146 valence electrons. The minimum Gasteiger partial charge on any atom is -0.484 e. The number of esters is 1. The number of rotatable bonds is 7. The molecule has 0 fully saturated rings. The second kappa shape index (κ2) is 8.61. The summed E-state index contributed by atoms with van der Waals surface area (Å²) >= 11 is 0. The number of para-hydroxylation sites is 1. The maximum absolute atomic E-state index is 12.4. The van der Waals surface area contributed by atoms with E-state index in [-0.39, 0.29) is 12.5 Å². The molecule has 1 aromatic heterocycles. The van der Waals surface area contributed by atoms with Crippen LogP contribution in [0.25, 0.3) is 10.9 Å². The smallest absolute Gasteiger partial charge is 0.328 e. The second-order valence-corrected chi connectivity index (χ2v) is 6.76. The number of H-pyrrole nitrogens is 1. The number of benzene rings is 2. The van der Waals surface area contributed by atoms with Gasteiger partial charge in [0.2, 0.25) is 0 Å². The molecule has 0 aliphatic carbocycles. The lowest BCUT2D eigenvalue weighted by atomic mass is 10.0. The van der Waals surface area contributed by atoms with E-state index in [1.165, 1.54) is 7.11 Å². The molecule has 1 amide bonds. The molecule has 2 N–H and O–H groups in total. The van der Waals surface area contributed by atoms with Crippen molar-refractivity contribution >= 4 is 22.8 Å². The van der Waals surface area contributed by atoms with Gasteiger partial charge in [0, 0.05) is 23.5 Å². The number of ether oxygens (including phenoxy) is 2. The van der Waals surface area contributed by atoms with Crippen LogP contribution in [0.5, 0.6) is 5.75 Å². The van der Waals surface area contributed by atoms with Crippen molar-refractivity contribution in [2.24, 2.45) is 0 Å². The van der Waals surface area contributed by atoms with Crippen LogP contribution in [-0.2, 0) is 20.7 Å². The summed E-state index contributed by atoms with van der Waals surface area (Å²) in [6.07, 6.45) is 2.17. The van der Waals surface area contributed by atoms with E-state index in [9.17, 15) is 9.59 Å². The molecule has 1 atom stereocenters. The molecule has 3 rings (SSSR count). The number of nitrogens with one attached hydrogen (secondary N) is 2. The van der Waals surface area contributed by atoms with Crippen molar-refractivity contribution in [3.8, 4) is 5.75 Å². The predicted octanol–water partition coefficient (Wildman–Crippen LogP) is 3.06. The van der Waals surface area contributed by atoms with Gasteiger partial charge in [0.05, 0.1) is 7.11 Å². The zero-order valence-electron chi connectivity index (χ0n) is 16.2. The first-order valence-electron chi connectivity index (χ1n) is 9.10. The Morgan fingerprint density at radius 1 is 1.14 bits per heavy atom. The number of hydrogen-bond donors (Lipinski definition) is 2. The molecule has 0 saturated heterocycles. The highest BCUT2D eigenvalue weighted by Gasteiger charge is 2.23. The van der Waals surface area contributed by atoms with Gasteiger partial charge in [-0.15, -0.1) is 0 Å². The number of carbonyl (C=O) groups excluding carboxylic acids is 2. The lowest BCUT2D eigenvalue weighted by Gasteiger charge is -2.17. The van der Waals surface area contributed by atoms with E-state index in [2.05, 4.69) is 10.3 Å². The summed E-state index contributed by atoms with van der Waals surface area (Å²) in [4.78, 5) is 27.7. The van der Waals surface area contributed by atoms with Gasteiger partial charge in [-0.05, 0) is 37.1 Å². The Kier molecular flexibility index (Phi) is 5.99. The number of fused-ring (bicyclic) bond motifs is 1. The molecule has 3 aromatic rings. The number of carbonyl (C=O) groups is 2. The highest BCUT2D eigenvalue weighted by molar-refractivity contribution is 5.87. The van der Waals surface area contributed by atoms with E-state index >= 15 is 0 Å². The normalized spacial score (nSPS) is 11.8. The summed E-state index contributed by atoms with van der Waals surface area (Å²) in [5, 5.41) is 3.73. The van der Waals surface area contributed by atoms with E-state index in [0.29, 0.717) is 12.2 Å². The molecule has 0 bridgehead atoms. The Hall–Kier alpha value is -3.28. The molecule has 6 heteroatoms. The van der Waals surface area contributed by atoms with Crippen molar-refractivity contribution in [1.29, 1.82) is 0 Å². The van der Waals surface area contributed by atoms with E-state index in [0.717, 1.165) is 27.6 Å². The van der Waals surface area contributed by atoms with Gasteiger partial charge in [0.25, 0.3) is 5.91 Å². The van der Waals surface area contributed by atoms with Crippen LogP contribution in [-0.4, -0.2) is 36.6 Å². The molecule has 1 heterocycles. The molecular formula is C22H24N2O4. The van der Waals surface area contributed by atoms with E-state index in [4.69, 9.17) is 9.47 Å². The van der Waals surface area contributed by atoms with Crippen molar-refractivity contribution in [3.05, 3.63) is 65.4 Å². The fraction of sp³-hybridized carbons (Fsp3) is 0.273. The molecule has 6 nitrogen and oxygen atoms in total. The summed E-state index contributed by atoms with van der Waals surface area (Å²) in [5.41, 5.74) is 3.99. The van der Waals surface area contributed by atoms with Gasteiger partial charge in [0.1, 0.15) is 11.8 Å². The summed E-state index contributed by atoms with van der Waals surface area (Å²) < 4.78 is 10.5. The lowest BCUT2D eigenvalue weighted by Crippen LogP contribution is -2.44. The average Bonchev–Trinajstić information content (AvgIpc) is 3.09. The van der Waals surface area contributed by atoms with Crippen molar-refractivity contribution in [3.63, 3.8) is 0 Å². The Bertz CT molecular complexity index is 993. The molecule has 0 unspecified atom stereocenters. The molecule has 0 saturated carbocycles. The third-order valence-electron chi connectivity index (χ3n) is 4.61. The highest BCUT2D eigenvalue weighted by Crippen LogP contribution is 2.20. The molecular weight excluding hydrogens is 356 g/mol. The van der Waals surface area contributed by atoms with E-state index < -0.39 is 12.0 Å². The molecule has 0 radical (unpaired) electrons. The standard InChI is InChI=1S/C22H24N2O4/c1-14-8-9-20(15(2)10-14)28-13-21(25)24-19(22(26)27-3)11-16-12-23-18-7-5-4-6-17(16)18/h4-10,12,19,23H,11,13H2,1-3H3,(H,24,25)/t19-/m0/s1. The molecule has 0 aliphatic rings. The van der Waals surface area contributed by atoms with Crippen LogP contribution in [0, 0.1) is 13.8 Å². The zero-order valence-corrected chi connectivity index (χ0v) is 16.2. The van der Waals surface area contributed by atoms with Crippen LogP contribution in [0.4, 0.5) is 0 Å². The van der Waals surface area contributed by atoms with Crippen molar-refractivity contribution < 1.29 is 19.1 Å². The minimum absolute atomic E-state index is 0.175. The number of aryl methyl sites for hydroxylation is 2. The predicted molar refractivity (Wildman–Crippen MR) is 107 cm³/mol. The van der Waals surface area contributed by atoms with Crippen LogP contribution in [0.3, 0.4) is 0 Å². The first-order chi connectivity index (χ1) is 13.5. The van der Waals surface area contributed by atoms with Crippen LogP contribution in [0.15, 0.2) is 48.7 Å². The molecule has 0 aliphatic heterocycles. The number of methoxy groups -OCH3 is 1. The number of hydrogen-bond acceptors (Lipinski definition) is 4. The summed E-state index contributed by atoms with van der Waals surface area (Å²) in [6, 6.07) is 12.8. The summed E-state index contributed by atoms with van der Waals surface area (Å²) in [7, 11) is 1.31. The van der Waals surface area contributed by atoms with Gasteiger partial charge in [-0.3, -0.25) is 4.79 Å². The van der Waals surface area contributed by atoms with E-state index in [1.54, 1.807) is 0 Å². The van der Waals surface area contributed by atoms with Crippen LogP contribution < -0.4 is 10.1 Å². The van der Waals surface area contributed by atoms with Crippen molar-refractivity contribution in [1.82, 2.24) is 10.3 Å². The molecule has 0 spiro atoms. The SMILES string of the molecule is COC(=O)[C@H](Cc1c[nH]c2ccccc12)NC(=O)COc1ccc(C)cc1C. The Labute approximate surface area is 163 Å². The number of aromatic nitrogens is 1. The van der Waals surface area contributed by atoms with Gasteiger partial charge < -0.3 is 19.8 Å². The average molecular weight is 380 g/mol. The van der Waals surface area contributed by atoms with Gasteiger partial charge in [-0.2, -0.15) is 0 Å². The van der Waals surface area contributed by atoms with Crippen LogP contribution in [0.1, 0.15) is 16.7 Å². The lowest BCUT2D eigenvalue weighted by molar-refractivity contribution is -0.145. The Morgan fingerprint density at radius 3 is 2.68 bits per heavy atom. The molecule has 28 heavy (non-hydrogen) atoms. The summed E-state index contributed by atoms with van der Waals surface area (Å²) in [6.45, 7) is 3.74. The zero-order chi connectivity index (χ0) is 20.1. The maximum Gasteiger partial charge on any atom is 0.328 e. The maximum atomic E-state index is 12.4. The largest absolute Gasteiger partial charge is 0.484 e. The first-order valence-corrected chi connectivity index (χ1v) is 9.10. The monoisotopic (exact) mass is 380 g/mol. The highest BCUT2D eigenvalue weighted by atomic mass is 16.5. The van der Waals surface area contributed by atoms with E-state index in [1.807, 2.05) is 62.5 Å². The fourth-order valence-electron chi connectivity index (χ4n) is 3.20. The quantitative estimate of drug-likeness (QED) is 0.618. The van der Waals surface area contributed by atoms with Gasteiger partial charge >= 0.3 is 5.97 Å². The Balaban J connectivity index is 1.66. The van der Waals surface area contributed by atoms with Crippen LogP contribution >= 0.6 is 0 Å². The van der Waals surface area contributed by atoms with Gasteiger partial charge in [-0.25, -0.2) is 4.79 Å². The van der Waals surface area contributed by atoms with Gasteiger partial charge in [-0.1, -0.05) is 35.9 Å². The third kappa shape index (κ3) is 4.52. The third-order valence-corrected chi connectivity index (χ3v) is 4.61. The van der Waals surface area contributed by atoms with Crippen molar-refractivity contribution in [2.75, 3.05) is 13.7 Å². The number of amides is 1. The fourth-order valence-corrected chi connectivity index (χ4v) is 3.20.